The molecule has 4 aromatic rings. The van der Waals surface area contributed by atoms with Gasteiger partial charge in [-0.25, -0.2) is 34.3 Å². The van der Waals surface area contributed by atoms with Crippen LogP contribution < -0.4 is 16.4 Å². The number of halogens is 1. The third-order valence-electron chi connectivity index (χ3n) is 7.23. The molecule has 0 aromatic carbocycles. The summed E-state index contributed by atoms with van der Waals surface area (Å²) in [6.45, 7) is -5.72. The number of nitrogens with two attached hydrogens (primary N) is 2. The first-order chi connectivity index (χ1) is 20.9. The number of anilines is 2. The normalized spacial score (nSPS) is 38.3. The fraction of sp³-hybridized carbons (Fsp3) is 0.500. The van der Waals surface area contributed by atoms with Crippen molar-refractivity contribution >= 4 is 67.5 Å². The maximum atomic E-state index is 15.9. The van der Waals surface area contributed by atoms with E-state index in [4.69, 9.17) is 58.4 Å². The van der Waals surface area contributed by atoms with E-state index in [0.29, 0.717) is 0 Å². The molecule has 3 fully saturated rings. The fourth-order valence-corrected chi connectivity index (χ4v) is 7.66. The van der Waals surface area contributed by atoms with E-state index in [1.165, 1.54) is 28.1 Å². The molecule has 0 bridgehead atoms. The van der Waals surface area contributed by atoms with Gasteiger partial charge in [-0.2, -0.15) is 0 Å². The average Bonchev–Trinajstić information content (AvgIpc) is 3.73. The van der Waals surface area contributed by atoms with Gasteiger partial charge in [-0.15, -0.1) is 0 Å². The monoisotopic (exact) mass is 669 g/mol. The van der Waals surface area contributed by atoms with Crippen LogP contribution in [-0.2, 0) is 43.9 Å². The van der Waals surface area contributed by atoms with Crippen LogP contribution in [0.3, 0.4) is 0 Å². The highest BCUT2D eigenvalue weighted by molar-refractivity contribution is 8.06. The van der Waals surface area contributed by atoms with Crippen LogP contribution in [0.2, 0.25) is 0 Å². The lowest BCUT2D eigenvalue weighted by molar-refractivity contribution is -0.218. The fourth-order valence-electron chi connectivity index (χ4n) is 5.23. The van der Waals surface area contributed by atoms with Gasteiger partial charge in [-0.1, -0.05) is 11.8 Å². The lowest BCUT2D eigenvalue weighted by atomic mass is 10.1. The Morgan fingerprint density at radius 1 is 0.909 bits per heavy atom. The van der Waals surface area contributed by atoms with Gasteiger partial charge in [0.15, 0.2) is 41.6 Å². The van der Waals surface area contributed by atoms with E-state index in [9.17, 15) is 14.6 Å². The number of hydrogen-bond donors (Lipinski definition) is 3. The van der Waals surface area contributed by atoms with Gasteiger partial charge in [0.25, 0.3) is 0 Å². The van der Waals surface area contributed by atoms with Gasteiger partial charge in [0.1, 0.15) is 60.9 Å². The van der Waals surface area contributed by atoms with Crippen LogP contribution in [0, 0.1) is 0 Å². The summed E-state index contributed by atoms with van der Waals surface area (Å²) >= 11 is 5.09. The van der Waals surface area contributed by atoms with Crippen molar-refractivity contribution in [2.24, 2.45) is 0 Å². The number of aliphatic hydroxyl groups is 1. The summed E-state index contributed by atoms with van der Waals surface area (Å²) in [4.78, 5) is 37.5. The first-order valence-electron chi connectivity index (χ1n) is 12.8. The van der Waals surface area contributed by atoms with Gasteiger partial charge in [0, 0.05) is 0 Å². The molecule has 0 saturated carbocycles. The minimum Gasteiger partial charge on any atom is -0.780 e. The van der Waals surface area contributed by atoms with E-state index in [0.717, 1.165) is 6.33 Å². The SMILES string of the molecule is [B-][P@]1(=O)OC[C@H]2O[C@@H](n3cnc4c(N)ncnc43)C(O)[C@H]2OP([O-])(=S)OC[C@H]2O[C@@H](n3cnc4c(N)ncnc43)C(F)[C@H]2O1. The van der Waals surface area contributed by atoms with Crippen molar-refractivity contribution in [1.29, 1.82) is 0 Å². The molecule has 10 atom stereocenters. The van der Waals surface area contributed by atoms with Gasteiger partial charge in [-0.05, 0) is 0 Å². The first-order valence-corrected chi connectivity index (χ1v) is 16.9. The molecule has 0 spiro atoms. The van der Waals surface area contributed by atoms with E-state index in [-0.39, 0.29) is 34.0 Å². The van der Waals surface area contributed by atoms with Crippen LogP contribution >= 0.6 is 14.2 Å². The zero-order chi connectivity index (χ0) is 31.0. The maximum Gasteiger partial charge on any atom is 0.174 e. The predicted molar refractivity (Wildman–Crippen MR) is 147 cm³/mol. The van der Waals surface area contributed by atoms with E-state index in [1.807, 2.05) is 0 Å². The van der Waals surface area contributed by atoms with Crippen LogP contribution in [-0.4, -0.2) is 102 Å². The smallest absolute Gasteiger partial charge is 0.174 e. The Labute approximate surface area is 252 Å². The van der Waals surface area contributed by atoms with Crippen molar-refractivity contribution in [1.82, 2.24) is 39.0 Å². The number of hydrogen-bond acceptors (Lipinski definition) is 18. The molecular formula is C20H21BFN10O9P2S-2. The van der Waals surface area contributed by atoms with Crippen molar-refractivity contribution in [3.8, 4) is 0 Å². The Balaban J connectivity index is 1.17. The van der Waals surface area contributed by atoms with Gasteiger partial charge < -0.3 is 61.2 Å². The molecule has 5 N–H and O–H groups in total. The summed E-state index contributed by atoms with van der Waals surface area (Å²) in [5.41, 5.74) is 12.4. The lowest BCUT2D eigenvalue weighted by Gasteiger charge is -2.37. The molecular weight excluding hydrogens is 648 g/mol. The number of rotatable bonds is 2. The molecule has 4 aromatic heterocycles. The average molecular weight is 669 g/mol. The van der Waals surface area contributed by atoms with Crippen LogP contribution in [0.25, 0.3) is 22.3 Å². The molecule has 3 aliphatic rings. The molecule has 3 radical (unpaired) electrons. The minimum atomic E-state index is -4.55. The Morgan fingerprint density at radius 3 is 2.09 bits per heavy atom. The molecule has 3 aliphatic heterocycles. The third kappa shape index (κ3) is 5.19. The van der Waals surface area contributed by atoms with E-state index < -0.39 is 76.6 Å². The zero-order valence-electron chi connectivity index (χ0n) is 22.0. The Morgan fingerprint density at radius 2 is 1.45 bits per heavy atom. The second-order valence-corrected chi connectivity index (χ2v) is 14.2. The number of nitrogens with zero attached hydrogens (tertiary/aromatic N) is 8. The van der Waals surface area contributed by atoms with Crippen LogP contribution in [0.4, 0.5) is 16.0 Å². The standard InChI is InChI=1S/C20H22BFN10O9P2S/c21-42(34)36-1-8-14(12(33)20(39-8)32-6-30-11-16(24)26-4-28-18(11)32)41-43(35,44)37-2-7-13(40-42)9(22)19(38-7)31-5-29-10-15(23)25-3-27-17(10)31/h3-9,12-14,19-20,33H,1-2H2,(H,35,44)(H2,23,25,27)(H2,24,26,28)/q-1/p-1/t7-,8-,9?,12?,13+,14+,19-,20-,42+,43?/m1/s1. The molecule has 19 nitrogen and oxygen atoms in total. The molecule has 7 rings (SSSR count). The number of aliphatic hydroxyl groups excluding tert-OH is 1. The van der Waals surface area contributed by atoms with Gasteiger partial charge in [0.2, 0.25) is 0 Å². The maximum absolute atomic E-state index is 15.9. The van der Waals surface area contributed by atoms with E-state index >= 15 is 4.39 Å². The zero-order valence-corrected chi connectivity index (χ0v) is 24.7. The summed E-state index contributed by atoms with van der Waals surface area (Å²) in [6.07, 6.45) is -7.20. The number of nitrogen functional groups attached to an aromatic ring is 2. The molecule has 44 heavy (non-hydrogen) atoms. The Hall–Kier alpha value is -2.75. The predicted octanol–water partition coefficient (Wildman–Crippen LogP) is -0.997. The lowest BCUT2D eigenvalue weighted by Crippen LogP contribution is -2.39. The Kier molecular flexibility index (Phi) is 7.45. The molecule has 0 aliphatic carbocycles. The van der Waals surface area contributed by atoms with Crippen molar-refractivity contribution in [3.63, 3.8) is 0 Å². The molecule has 0 amide bonds. The summed E-state index contributed by atoms with van der Waals surface area (Å²) in [7, 11) is 1.31. The number of aromatic nitrogens is 8. The molecule has 233 valence electrons. The van der Waals surface area contributed by atoms with E-state index in [1.54, 1.807) is 0 Å². The molecule has 3 saturated heterocycles. The second-order valence-electron chi connectivity index (χ2n) is 9.95. The third-order valence-corrected chi connectivity index (χ3v) is 9.82. The topological polar surface area (TPSA) is 255 Å². The van der Waals surface area contributed by atoms with E-state index in [2.05, 4.69) is 29.9 Å². The summed E-state index contributed by atoms with van der Waals surface area (Å²) < 4.78 is 65.2. The van der Waals surface area contributed by atoms with Crippen LogP contribution in [0.15, 0.2) is 25.3 Å². The van der Waals surface area contributed by atoms with Crippen LogP contribution in [0.5, 0.6) is 0 Å². The van der Waals surface area contributed by atoms with Gasteiger partial charge in [-0.3, -0.25) is 9.13 Å². The molecule has 24 heteroatoms. The van der Waals surface area contributed by atoms with Crippen molar-refractivity contribution in [3.05, 3.63) is 25.3 Å². The largest absolute Gasteiger partial charge is 0.780 e. The van der Waals surface area contributed by atoms with Crippen molar-refractivity contribution < 1.29 is 46.5 Å². The Bertz CT molecular complexity index is 1710. The minimum absolute atomic E-state index is 0.0492. The summed E-state index contributed by atoms with van der Waals surface area (Å²) in [5, 5.41) is 11.2. The molecule has 3 unspecified atom stereocenters. The molecule has 7 heterocycles. The van der Waals surface area contributed by atoms with Gasteiger partial charge >= 0.3 is 0 Å². The first kappa shape index (κ1) is 29.9. The number of imidazole rings is 2. The summed E-state index contributed by atoms with van der Waals surface area (Å²) in [6, 6.07) is 0. The highest BCUT2D eigenvalue weighted by Crippen LogP contribution is 2.52. The number of alkyl halides is 1. The van der Waals surface area contributed by atoms with Gasteiger partial charge in [0.05, 0.1) is 33.3 Å². The second kappa shape index (κ2) is 11.0. The summed E-state index contributed by atoms with van der Waals surface area (Å²) in [5.74, 6) is 0.130. The highest BCUT2D eigenvalue weighted by atomic mass is 32.5. The quantitative estimate of drug-likeness (QED) is 0.171. The van der Waals surface area contributed by atoms with Crippen molar-refractivity contribution in [2.75, 3.05) is 24.7 Å². The number of ether oxygens (including phenoxy) is 2. The van der Waals surface area contributed by atoms with Crippen molar-refractivity contribution in [2.45, 2.75) is 49.1 Å². The number of fused-ring (bicyclic) bond motifs is 4. The highest BCUT2D eigenvalue weighted by Gasteiger charge is 2.51. The van der Waals surface area contributed by atoms with Crippen LogP contribution in [0.1, 0.15) is 12.5 Å².